The van der Waals surface area contributed by atoms with Crippen LogP contribution in [0.25, 0.3) is 0 Å². The van der Waals surface area contributed by atoms with E-state index in [1.165, 1.54) is 0 Å². The van der Waals surface area contributed by atoms with Gasteiger partial charge in [0.05, 0.1) is 5.54 Å². The average Bonchev–Trinajstić information content (AvgIpc) is 1.56. The first kappa shape index (κ1) is 108. The first-order valence-corrected chi connectivity index (χ1v) is 47.2. The molecule has 0 aromatic carbocycles. The fourth-order valence-corrected chi connectivity index (χ4v) is 24.1. The van der Waals surface area contributed by atoms with Crippen molar-refractivity contribution in [3.8, 4) is 0 Å². The van der Waals surface area contributed by atoms with Gasteiger partial charge in [-0.05, 0) is 131 Å². The highest BCUT2D eigenvalue weighted by Gasteiger charge is 2.67. The smallest absolute Gasteiger partial charge is 0.451 e. The van der Waals surface area contributed by atoms with Gasteiger partial charge in [-0.1, -0.05) is 46.0 Å². The Bertz CT molecular complexity index is 4250. The Kier molecular flexibility index (Phi) is 34.2. The third kappa shape index (κ3) is 26.1. The highest BCUT2D eigenvalue weighted by atomic mass is 32.2. The zero-order valence-corrected chi connectivity index (χ0v) is 74.4. The van der Waals surface area contributed by atoms with Gasteiger partial charge in [-0.2, -0.15) is 77.8 Å². The van der Waals surface area contributed by atoms with Crippen LogP contribution in [-0.4, -0.2) is 355 Å². The fraction of sp³-hybridized carbons (Fsp3) is 0.921. The molecule has 50 nitrogen and oxygen atoms in total. The highest BCUT2D eigenvalue weighted by Crippen LogP contribution is 2.51. The van der Waals surface area contributed by atoms with Gasteiger partial charge >= 0.3 is 86.0 Å². The number of aliphatic carboxylic acids is 5. The minimum Gasteiger partial charge on any atom is -0.480 e. The Hall–Kier alpha value is -3.78. The SMILES string of the molecule is CC1(C)C(N)C1OS(=O)(=O)N1C[C@H](CCCB(O)O)[C@](N)(C(=O)O)C1.CC1(N)CC1(C)NS(=O)(=O)N1C[C@H](CCCB(O)O)[C@](N)(C(=O)O)C1.CC1(N)CC1(C)OS(=O)(=O)N1C[C@H](CCCB(O)O)[C@](N)(C(=O)O)C1.CC1(N)CC1NS(=O)(=O)N1C[C@H](CCCB(O)O)[C@](N)(C(=O)O)C1.CC1(NS(=O)(=O)N2C[C@H](CCCB(O)O)[C@](N)(C(=O)O)C2)CC1N. The molecule has 123 heavy (non-hydrogen) atoms. The van der Waals surface area contributed by atoms with Crippen molar-refractivity contribution in [3.63, 3.8) is 0 Å². The number of carboxylic acids is 5. The van der Waals surface area contributed by atoms with Gasteiger partial charge in [-0.15, -0.1) is 0 Å². The van der Waals surface area contributed by atoms with Gasteiger partial charge in [0.25, 0.3) is 30.6 Å². The molecule has 5 heterocycles. The molecule has 10 aliphatic rings. The normalized spacial score (nSPS) is 37.2. The van der Waals surface area contributed by atoms with E-state index in [1.54, 1.807) is 55.4 Å². The fourth-order valence-electron chi connectivity index (χ4n) is 16.0. The summed E-state index contributed by atoms with van der Waals surface area (Å²) >= 11 is 0. The minimum atomic E-state index is -4.19. The Morgan fingerprint density at radius 3 is 0.870 bits per heavy atom. The van der Waals surface area contributed by atoms with Gasteiger partial charge in [0.2, 0.25) is 0 Å². The molecule has 0 aromatic heterocycles. The summed E-state index contributed by atoms with van der Waals surface area (Å²) in [6.07, 6.45) is 4.52. The molecule has 0 bridgehead atoms. The van der Waals surface area contributed by atoms with E-state index in [9.17, 15) is 91.6 Å². The summed E-state index contributed by atoms with van der Waals surface area (Å²) in [5.74, 6) is -9.63. The van der Waals surface area contributed by atoms with E-state index in [2.05, 4.69) is 14.2 Å². The summed E-state index contributed by atoms with van der Waals surface area (Å²) in [5.41, 5.74) is 45.5. The quantitative estimate of drug-likeness (QED) is 0.0253. The van der Waals surface area contributed by atoms with Gasteiger partial charge in [0.1, 0.15) is 39.4 Å². The van der Waals surface area contributed by atoms with E-state index in [4.69, 9.17) is 116 Å². The van der Waals surface area contributed by atoms with Crippen molar-refractivity contribution in [3.05, 3.63) is 0 Å². The van der Waals surface area contributed by atoms with E-state index in [-0.39, 0.29) is 128 Å². The number of nitrogens with zero attached hydrogens (tertiary/aromatic N) is 5. The molecule has 38 N–H and O–H groups in total. The van der Waals surface area contributed by atoms with Crippen molar-refractivity contribution in [2.75, 3.05) is 65.4 Å². The zero-order chi connectivity index (χ0) is 94.4. The van der Waals surface area contributed by atoms with Crippen LogP contribution in [0.5, 0.6) is 0 Å². The van der Waals surface area contributed by atoms with Crippen molar-refractivity contribution < 1.29 is 150 Å². The maximum Gasteiger partial charge on any atom is 0.451 e. The minimum absolute atomic E-state index is 0.0341. The number of hydrogen-bond acceptors (Lipinski definition) is 37. The molecule has 10 fully saturated rings. The highest BCUT2D eigenvalue weighted by molar-refractivity contribution is 7.87. The molecule has 0 radical (unpaired) electrons. The molecule has 10 unspecified atom stereocenters. The molecule has 20 atom stereocenters. The Balaban J connectivity index is 0.000000238. The molecule has 5 aliphatic carbocycles. The van der Waals surface area contributed by atoms with Crippen molar-refractivity contribution in [2.45, 2.75) is 262 Å². The summed E-state index contributed by atoms with van der Waals surface area (Å²) in [6.45, 7) is 11.6. The van der Waals surface area contributed by atoms with Crippen LogP contribution in [0.2, 0.25) is 31.6 Å². The standard InChI is InChI=1S/C13H27BN4O6S.2C13H26BN3O7S.2C12H25BN4O6S/c1-11(15)7-12(11,2)17-25(23,24)18-6-9(4-3-5-14(21)22)13(16,8-18)10(19)20;1-11(15)7-12(11,2)24-25(22,23)17-6-9(4-3-5-14(20)21)13(16,8-17)10(18)19;1-12(2)9(15)10(12)24-25(22,23)17-6-8(4-3-5-14(20)21)13(16,7-17)11(18)19;1-11(14)5-9(11)16-24(22,23)17-6-8(3-2-4-13(20)21)12(15,7-17)10(18)19;1-11(5-9(11)14)16-24(22,23)17-6-8(3-2-4-13(20)21)12(15,7-17)10(18)19/h9,17,21-22H,3-8,15-16H2,1-2H3,(H,19,20);9,20-21H,3-8,15-16H2,1-2H3,(H,18,19);8-10,20-21H,3-7,15-16H2,1-2H3,(H,18,19);2*8-9,16,20-21H,2-7,14-15H2,1H3,(H,18,19)/t2*9-,11?,12?,13-;8-,9?,10?,13-;2*8-,9?,11?,12-/m00000/s1. The van der Waals surface area contributed by atoms with E-state index >= 15 is 0 Å². The summed E-state index contributed by atoms with van der Waals surface area (Å²) in [7, 11) is -27.6. The van der Waals surface area contributed by atoms with Crippen molar-refractivity contribution in [1.29, 1.82) is 0 Å². The molecule has 10 rings (SSSR count). The van der Waals surface area contributed by atoms with Gasteiger partial charge in [-0.3, -0.25) is 28.2 Å². The van der Waals surface area contributed by atoms with Crippen LogP contribution in [0.1, 0.15) is 145 Å². The van der Waals surface area contributed by atoms with Crippen LogP contribution < -0.4 is 71.5 Å². The molecule has 60 heteroatoms. The first-order chi connectivity index (χ1) is 55.6. The molecule has 5 saturated carbocycles. The molecular formula is C63H129B5N18O32S5. The van der Waals surface area contributed by atoms with Crippen molar-refractivity contribution in [2.24, 2.45) is 92.3 Å². The van der Waals surface area contributed by atoms with E-state index < -0.39 is 238 Å². The lowest BCUT2D eigenvalue weighted by atomic mass is 9.78. The third-order valence-corrected chi connectivity index (χ3v) is 34.0. The predicted molar refractivity (Wildman–Crippen MR) is 444 cm³/mol. The number of nitrogens with two attached hydrogens (primary N) is 10. The lowest BCUT2D eigenvalue weighted by Gasteiger charge is -2.25. The second-order valence-corrected chi connectivity index (χ2v) is 45.3. The summed E-state index contributed by atoms with van der Waals surface area (Å²) in [4.78, 5) is 57.9. The molecule has 5 aliphatic heterocycles. The van der Waals surface area contributed by atoms with Gasteiger partial charge < -0.3 is 133 Å². The van der Waals surface area contributed by atoms with E-state index in [1.807, 2.05) is 0 Å². The molecule has 708 valence electrons. The molecule has 0 aromatic rings. The van der Waals surface area contributed by atoms with E-state index in [0.717, 1.165) is 21.5 Å². The molecule has 0 amide bonds. The Morgan fingerprint density at radius 2 is 0.642 bits per heavy atom. The Labute approximate surface area is 718 Å². The van der Waals surface area contributed by atoms with Crippen LogP contribution in [0.3, 0.4) is 0 Å². The second-order valence-electron chi connectivity index (χ2n) is 37.2. The first-order valence-electron chi connectivity index (χ1n) is 40.1. The van der Waals surface area contributed by atoms with Crippen molar-refractivity contribution >= 4 is 117 Å². The van der Waals surface area contributed by atoms with E-state index in [0.29, 0.717) is 57.8 Å². The van der Waals surface area contributed by atoms with Gasteiger partial charge in [-0.25, -0.2) is 4.18 Å². The average molecular weight is 1870 g/mol. The van der Waals surface area contributed by atoms with Crippen molar-refractivity contribution in [1.82, 2.24) is 35.7 Å². The van der Waals surface area contributed by atoms with Crippen LogP contribution in [0.4, 0.5) is 0 Å². The predicted octanol–water partition coefficient (Wildman–Crippen LogP) is -11.7. The molecule has 0 spiro atoms. The number of carbonyl (C=O) groups is 5. The molecule has 5 saturated heterocycles. The number of carboxylic acid groups (broad SMARTS) is 5. The van der Waals surface area contributed by atoms with Crippen LogP contribution in [0, 0.1) is 35.0 Å². The summed E-state index contributed by atoms with van der Waals surface area (Å²) < 4.78 is 148. The lowest BCUT2D eigenvalue weighted by molar-refractivity contribution is -0.145. The van der Waals surface area contributed by atoms with Gasteiger partial charge in [0.15, 0.2) is 0 Å². The maximum absolute atomic E-state index is 12.6. The maximum atomic E-state index is 12.6. The number of rotatable bonds is 40. The largest absolute Gasteiger partial charge is 0.480 e. The summed E-state index contributed by atoms with van der Waals surface area (Å²) in [6, 6.07) is -1.05. The lowest BCUT2D eigenvalue weighted by Crippen LogP contribution is -2.56. The Morgan fingerprint density at radius 1 is 0.398 bits per heavy atom. The second kappa shape index (κ2) is 39.0. The van der Waals surface area contributed by atoms with Crippen LogP contribution >= 0.6 is 0 Å². The topological polar surface area (TPSA) is 890 Å². The molecular weight excluding hydrogens is 1740 g/mol. The monoisotopic (exact) mass is 1860 g/mol. The number of hydrogen-bond donors (Lipinski definition) is 28. The zero-order valence-electron chi connectivity index (χ0n) is 70.3. The van der Waals surface area contributed by atoms with Crippen LogP contribution in [0.15, 0.2) is 0 Å². The third-order valence-electron chi connectivity index (χ3n) is 26.2. The summed E-state index contributed by atoms with van der Waals surface area (Å²) in [5, 5.41) is 136. The number of nitrogens with one attached hydrogen (secondary N) is 3. The van der Waals surface area contributed by atoms with Crippen LogP contribution in [-0.2, 0) is 83.6 Å². The van der Waals surface area contributed by atoms with Gasteiger partial charge in [0, 0.05) is 141 Å².